The van der Waals surface area contributed by atoms with Gasteiger partial charge in [0.1, 0.15) is 0 Å². The van der Waals surface area contributed by atoms with Crippen LogP contribution in [0.2, 0.25) is 5.02 Å². The number of rotatable bonds is 5. The maximum Gasteiger partial charge on any atom is 0.204 e. The SMILES string of the molecule is Clc1ccccc1C(c1ccccc1)(c1ccccc1)n1nnc(-c2ccc(Br)cc2)n1. The summed E-state index contributed by atoms with van der Waals surface area (Å²) in [6.07, 6.45) is 0. The van der Waals surface area contributed by atoms with Gasteiger partial charge in [0.25, 0.3) is 0 Å². The first-order chi connectivity index (χ1) is 15.7. The predicted octanol–water partition coefficient (Wildman–Crippen LogP) is 6.60. The van der Waals surface area contributed by atoms with Crippen LogP contribution in [0, 0.1) is 0 Å². The molecule has 0 aliphatic carbocycles. The fourth-order valence-electron chi connectivity index (χ4n) is 4.00. The quantitative estimate of drug-likeness (QED) is 0.255. The van der Waals surface area contributed by atoms with Gasteiger partial charge in [0.05, 0.1) is 0 Å². The van der Waals surface area contributed by atoms with Crippen molar-refractivity contribution in [1.82, 2.24) is 20.2 Å². The largest absolute Gasteiger partial charge is 0.204 e. The van der Waals surface area contributed by atoms with E-state index in [2.05, 4.69) is 50.5 Å². The van der Waals surface area contributed by atoms with E-state index >= 15 is 0 Å². The van der Waals surface area contributed by atoms with Crippen LogP contribution < -0.4 is 0 Å². The van der Waals surface area contributed by atoms with Gasteiger partial charge in [-0.25, -0.2) is 0 Å². The van der Waals surface area contributed by atoms with Crippen molar-refractivity contribution in [2.75, 3.05) is 0 Å². The molecule has 0 saturated carbocycles. The van der Waals surface area contributed by atoms with E-state index in [4.69, 9.17) is 16.7 Å². The second kappa shape index (κ2) is 8.69. The van der Waals surface area contributed by atoms with Crippen LogP contribution in [0.15, 0.2) is 114 Å². The molecule has 0 amide bonds. The molecule has 0 saturated heterocycles. The van der Waals surface area contributed by atoms with Gasteiger partial charge < -0.3 is 0 Å². The summed E-state index contributed by atoms with van der Waals surface area (Å²) < 4.78 is 0.993. The minimum absolute atomic E-state index is 0.542. The molecule has 156 valence electrons. The molecule has 1 aromatic heterocycles. The second-order valence-electron chi connectivity index (χ2n) is 7.33. The Morgan fingerprint density at radius 3 is 1.84 bits per heavy atom. The highest BCUT2D eigenvalue weighted by molar-refractivity contribution is 9.10. The van der Waals surface area contributed by atoms with E-state index in [1.807, 2.05) is 84.9 Å². The van der Waals surface area contributed by atoms with Crippen LogP contribution in [0.3, 0.4) is 0 Å². The summed E-state index contributed by atoms with van der Waals surface area (Å²) in [4.78, 5) is 1.68. The van der Waals surface area contributed by atoms with E-state index < -0.39 is 5.54 Å². The summed E-state index contributed by atoms with van der Waals surface area (Å²) in [5.74, 6) is 0.542. The van der Waals surface area contributed by atoms with Crippen molar-refractivity contribution in [1.29, 1.82) is 0 Å². The number of benzene rings is 4. The molecular formula is C26H18BrClN4. The monoisotopic (exact) mass is 500 g/mol. The van der Waals surface area contributed by atoms with Crippen molar-refractivity contribution < 1.29 is 0 Å². The van der Waals surface area contributed by atoms with Gasteiger partial charge in [0.2, 0.25) is 5.82 Å². The first kappa shape index (κ1) is 20.6. The van der Waals surface area contributed by atoms with Gasteiger partial charge in [-0.05, 0) is 46.7 Å². The summed E-state index contributed by atoms with van der Waals surface area (Å²) >= 11 is 10.3. The average molecular weight is 502 g/mol. The van der Waals surface area contributed by atoms with Gasteiger partial charge >= 0.3 is 0 Å². The zero-order valence-corrected chi connectivity index (χ0v) is 19.3. The predicted molar refractivity (Wildman–Crippen MR) is 131 cm³/mol. The third-order valence-electron chi connectivity index (χ3n) is 5.46. The third-order valence-corrected chi connectivity index (χ3v) is 6.32. The molecule has 1 heterocycles. The summed E-state index contributed by atoms with van der Waals surface area (Å²) in [6, 6.07) is 36.0. The van der Waals surface area contributed by atoms with Crippen LogP contribution in [0.1, 0.15) is 16.7 Å². The molecule has 32 heavy (non-hydrogen) atoms. The van der Waals surface area contributed by atoms with E-state index in [9.17, 15) is 0 Å². The Labute approximate surface area is 199 Å². The standard InChI is InChI=1S/C26H18BrClN4/c27-22-17-15-19(16-18-22)25-29-31-32(30-25)26(20-9-3-1-4-10-20,21-11-5-2-6-12-21)23-13-7-8-14-24(23)28/h1-18H. The molecule has 0 radical (unpaired) electrons. The second-order valence-corrected chi connectivity index (χ2v) is 8.65. The van der Waals surface area contributed by atoms with Crippen LogP contribution in [-0.2, 0) is 5.54 Å². The van der Waals surface area contributed by atoms with Gasteiger partial charge in [-0.15, -0.1) is 15.0 Å². The molecule has 5 rings (SSSR count). The Bertz CT molecular complexity index is 1300. The van der Waals surface area contributed by atoms with Gasteiger partial charge in [-0.1, -0.05) is 106 Å². The highest BCUT2D eigenvalue weighted by Crippen LogP contribution is 2.42. The minimum Gasteiger partial charge on any atom is -0.144 e. The Balaban J connectivity index is 1.83. The summed E-state index contributed by atoms with van der Waals surface area (Å²) in [6.45, 7) is 0. The first-order valence-electron chi connectivity index (χ1n) is 10.1. The number of tetrazole rings is 1. The van der Waals surface area contributed by atoms with Crippen LogP contribution in [0.5, 0.6) is 0 Å². The zero-order valence-electron chi connectivity index (χ0n) is 16.9. The van der Waals surface area contributed by atoms with Gasteiger partial charge in [-0.2, -0.15) is 0 Å². The van der Waals surface area contributed by atoms with Crippen molar-refractivity contribution in [3.8, 4) is 11.4 Å². The topological polar surface area (TPSA) is 43.6 Å². The highest BCUT2D eigenvalue weighted by Gasteiger charge is 2.42. The van der Waals surface area contributed by atoms with Gasteiger partial charge in [0, 0.05) is 20.6 Å². The maximum atomic E-state index is 6.80. The van der Waals surface area contributed by atoms with E-state index in [0.717, 1.165) is 26.7 Å². The van der Waals surface area contributed by atoms with Crippen LogP contribution in [-0.4, -0.2) is 20.2 Å². The van der Waals surface area contributed by atoms with Crippen molar-refractivity contribution >= 4 is 27.5 Å². The smallest absolute Gasteiger partial charge is 0.144 e. The van der Waals surface area contributed by atoms with E-state index in [-0.39, 0.29) is 0 Å². The molecule has 0 spiro atoms. The molecule has 0 unspecified atom stereocenters. The first-order valence-corrected chi connectivity index (χ1v) is 11.3. The molecular weight excluding hydrogens is 484 g/mol. The van der Waals surface area contributed by atoms with Crippen LogP contribution in [0.25, 0.3) is 11.4 Å². The molecule has 4 aromatic carbocycles. The molecule has 0 bridgehead atoms. The molecule has 0 N–H and O–H groups in total. The molecule has 0 aliphatic heterocycles. The zero-order chi connectivity index (χ0) is 22.0. The van der Waals surface area contributed by atoms with Gasteiger partial charge in [-0.3, -0.25) is 0 Å². The Hall–Kier alpha value is -3.28. The van der Waals surface area contributed by atoms with E-state index in [1.54, 1.807) is 4.80 Å². The van der Waals surface area contributed by atoms with Crippen LogP contribution in [0.4, 0.5) is 0 Å². The molecule has 0 atom stereocenters. The third kappa shape index (κ3) is 3.53. The molecule has 0 fully saturated rings. The number of aromatic nitrogens is 4. The highest BCUT2D eigenvalue weighted by atomic mass is 79.9. The fraction of sp³-hybridized carbons (Fsp3) is 0.0385. The lowest BCUT2D eigenvalue weighted by molar-refractivity contribution is 0.396. The minimum atomic E-state index is -0.901. The van der Waals surface area contributed by atoms with Crippen molar-refractivity contribution in [3.05, 3.63) is 135 Å². The van der Waals surface area contributed by atoms with E-state index in [0.29, 0.717) is 10.8 Å². The lowest BCUT2D eigenvalue weighted by Gasteiger charge is -2.34. The summed E-state index contributed by atoms with van der Waals surface area (Å²) in [5, 5.41) is 14.5. The van der Waals surface area contributed by atoms with Crippen LogP contribution >= 0.6 is 27.5 Å². The molecule has 5 aromatic rings. The summed E-state index contributed by atoms with van der Waals surface area (Å²) in [5.41, 5.74) is 2.83. The number of halogens is 2. The molecule has 0 aliphatic rings. The Morgan fingerprint density at radius 2 is 1.25 bits per heavy atom. The Kier molecular flexibility index (Phi) is 5.60. The fourth-order valence-corrected chi connectivity index (χ4v) is 4.54. The molecule has 6 heteroatoms. The van der Waals surface area contributed by atoms with Gasteiger partial charge in [0.15, 0.2) is 5.54 Å². The maximum absolute atomic E-state index is 6.80. The van der Waals surface area contributed by atoms with Crippen molar-refractivity contribution in [2.24, 2.45) is 0 Å². The normalized spacial score (nSPS) is 11.4. The lowest BCUT2D eigenvalue weighted by Crippen LogP contribution is -2.40. The number of hydrogen-bond donors (Lipinski definition) is 0. The lowest BCUT2D eigenvalue weighted by atomic mass is 9.77. The van der Waals surface area contributed by atoms with Crippen molar-refractivity contribution in [2.45, 2.75) is 5.54 Å². The number of hydrogen-bond acceptors (Lipinski definition) is 3. The summed E-state index contributed by atoms with van der Waals surface area (Å²) in [7, 11) is 0. The van der Waals surface area contributed by atoms with Crippen molar-refractivity contribution in [3.63, 3.8) is 0 Å². The van der Waals surface area contributed by atoms with E-state index in [1.165, 1.54) is 0 Å². The Morgan fingerprint density at radius 1 is 0.688 bits per heavy atom. The molecule has 4 nitrogen and oxygen atoms in total. The number of nitrogens with zero attached hydrogens (tertiary/aromatic N) is 4. The average Bonchev–Trinajstić information content (AvgIpc) is 3.33.